The third kappa shape index (κ3) is 4.75. The molecule has 0 amide bonds. The van der Waals surface area contributed by atoms with Gasteiger partial charge in [0.1, 0.15) is 12.0 Å². The molecule has 0 unspecified atom stereocenters. The van der Waals surface area contributed by atoms with E-state index in [-0.39, 0.29) is 5.03 Å². The van der Waals surface area contributed by atoms with E-state index in [1.165, 1.54) is 6.07 Å². The lowest BCUT2D eigenvalue weighted by Gasteiger charge is -2.31. The highest BCUT2D eigenvalue weighted by atomic mass is 32.2. The van der Waals surface area contributed by atoms with Gasteiger partial charge in [0.15, 0.2) is 20.5 Å². The quantitative estimate of drug-likeness (QED) is 0.415. The lowest BCUT2D eigenvalue weighted by atomic mass is 9.94. The molecule has 1 aliphatic rings. The number of anilines is 3. The SMILES string of the molecule is Cc1nc(S(C)(=O)=O)ccc1Nc1cncn2c(C3CCN(c4ncc(C(C)C)cn4)CC3)cnc12. The zero-order chi connectivity index (χ0) is 25.4. The van der Waals surface area contributed by atoms with Crippen LogP contribution < -0.4 is 10.2 Å². The maximum absolute atomic E-state index is 11.8. The number of sulfone groups is 1. The van der Waals surface area contributed by atoms with Crippen LogP contribution in [-0.2, 0) is 9.84 Å². The van der Waals surface area contributed by atoms with Crippen LogP contribution in [0.15, 0.2) is 48.3 Å². The molecule has 4 aromatic rings. The molecular formula is C25H30N8O2S. The van der Waals surface area contributed by atoms with Gasteiger partial charge in [0.25, 0.3) is 0 Å². The molecule has 0 aromatic carbocycles. The van der Waals surface area contributed by atoms with Crippen LogP contribution in [0, 0.1) is 6.92 Å². The smallest absolute Gasteiger partial charge is 0.225 e. The van der Waals surface area contributed by atoms with Crippen molar-refractivity contribution < 1.29 is 8.42 Å². The molecule has 0 spiro atoms. The summed E-state index contributed by atoms with van der Waals surface area (Å²) in [5.74, 6) is 1.55. The minimum Gasteiger partial charge on any atom is -0.350 e. The normalized spacial score (nSPS) is 15.1. The molecule has 11 heteroatoms. The van der Waals surface area contributed by atoms with Gasteiger partial charge in [0.05, 0.1) is 17.6 Å². The van der Waals surface area contributed by atoms with Gasteiger partial charge in [-0.2, -0.15) is 0 Å². The Bertz CT molecular complexity index is 1490. The van der Waals surface area contributed by atoms with Crippen LogP contribution >= 0.6 is 0 Å². The molecular weight excluding hydrogens is 476 g/mol. The average molecular weight is 507 g/mol. The average Bonchev–Trinajstić information content (AvgIpc) is 3.30. The highest BCUT2D eigenvalue weighted by Gasteiger charge is 2.25. The molecule has 0 aliphatic carbocycles. The van der Waals surface area contributed by atoms with Crippen LogP contribution in [0.2, 0.25) is 0 Å². The van der Waals surface area contributed by atoms with Crippen molar-refractivity contribution in [3.8, 4) is 0 Å². The first-order valence-electron chi connectivity index (χ1n) is 12.0. The monoisotopic (exact) mass is 506 g/mol. The molecule has 0 bridgehead atoms. The third-order valence-electron chi connectivity index (χ3n) is 6.68. The molecule has 0 atom stereocenters. The fourth-order valence-electron chi connectivity index (χ4n) is 4.51. The van der Waals surface area contributed by atoms with E-state index in [1.807, 2.05) is 23.0 Å². The van der Waals surface area contributed by atoms with Crippen LogP contribution in [0.5, 0.6) is 0 Å². The second-order valence-corrected chi connectivity index (χ2v) is 11.6. The number of hydrogen-bond donors (Lipinski definition) is 1. The van der Waals surface area contributed by atoms with E-state index in [9.17, 15) is 8.42 Å². The van der Waals surface area contributed by atoms with Gasteiger partial charge >= 0.3 is 0 Å². The molecule has 5 heterocycles. The zero-order valence-electron chi connectivity index (χ0n) is 20.9. The Morgan fingerprint density at radius 2 is 1.72 bits per heavy atom. The second kappa shape index (κ2) is 9.45. The molecule has 36 heavy (non-hydrogen) atoms. The summed E-state index contributed by atoms with van der Waals surface area (Å²) in [5.41, 5.74) is 5.06. The molecule has 0 radical (unpaired) electrons. The van der Waals surface area contributed by atoms with Crippen molar-refractivity contribution in [2.75, 3.05) is 29.6 Å². The van der Waals surface area contributed by atoms with Crippen LogP contribution in [0.25, 0.3) is 5.65 Å². The Balaban J connectivity index is 1.32. The molecule has 1 aliphatic heterocycles. The topological polar surface area (TPSA) is 118 Å². The first kappa shape index (κ1) is 24.1. The number of piperidine rings is 1. The predicted molar refractivity (Wildman–Crippen MR) is 139 cm³/mol. The van der Waals surface area contributed by atoms with Crippen molar-refractivity contribution in [3.05, 3.63) is 60.2 Å². The standard InChI is InChI=1S/C25H30N8O2S/c1-16(2)19-11-28-25(29-12-19)32-9-7-18(8-10-32)22-14-27-24-21(13-26-15-33(22)24)31-20-5-6-23(30-17(20)3)36(4,34)35/h5-6,11-16,18,31H,7-10H2,1-4H3. The van der Waals surface area contributed by atoms with E-state index in [0.717, 1.165) is 60.7 Å². The number of nitrogens with zero attached hydrogens (tertiary/aromatic N) is 7. The predicted octanol–water partition coefficient (Wildman–Crippen LogP) is 3.88. The first-order valence-corrected chi connectivity index (χ1v) is 13.9. The molecule has 1 N–H and O–H groups in total. The maximum Gasteiger partial charge on any atom is 0.225 e. The van der Waals surface area contributed by atoms with E-state index >= 15 is 0 Å². The second-order valence-electron chi connectivity index (χ2n) is 9.60. The summed E-state index contributed by atoms with van der Waals surface area (Å²) >= 11 is 0. The third-order valence-corrected chi connectivity index (χ3v) is 7.67. The molecule has 0 saturated carbocycles. The minimum absolute atomic E-state index is 0.0533. The van der Waals surface area contributed by atoms with Gasteiger partial charge in [-0.1, -0.05) is 13.8 Å². The number of imidazole rings is 1. The maximum atomic E-state index is 11.8. The van der Waals surface area contributed by atoms with Crippen LogP contribution in [0.1, 0.15) is 55.5 Å². The van der Waals surface area contributed by atoms with Crippen molar-refractivity contribution in [1.29, 1.82) is 0 Å². The number of rotatable bonds is 6. The van der Waals surface area contributed by atoms with Crippen molar-refractivity contribution in [1.82, 2.24) is 29.3 Å². The van der Waals surface area contributed by atoms with Gasteiger partial charge in [0, 0.05) is 49.5 Å². The Hall–Kier alpha value is -3.60. The van der Waals surface area contributed by atoms with E-state index in [2.05, 4.69) is 49.0 Å². The lowest BCUT2D eigenvalue weighted by molar-refractivity contribution is 0.488. The van der Waals surface area contributed by atoms with Gasteiger partial charge < -0.3 is 10.2 Å². The first-order chi connectivity index (χ1) is 17.2. The highest BCUT2D eigenvalue weighted by Crippen LogP contribution is 2.32. The number of nitrogens with one attached hydrogen (secondary N) is 1. The molecule has 10 nitrogen and oxygen atoms in total. The number of hydrogen-bond acceptors (Lipinski definition) is 9. The summed E-state index contributed by atoms with van der Waals surface area (Å²) in [5, 5.41) is 3.38. The summed E-state index contributed by atoms with van der Waals surface area (Å²) in [6.07, 6.45) is 12.4. The number of aromatic nitrogens is 6. The number of pyridine rings is 1. The van der Waals surface area contributed by atoms with E-state index in [0.29, 0.717) is 23.2 Å². The largest absolute Gasteiger partial charge is 0.350 e. The zero-order valence-corrected chi connectivity index (χ0v) is 21.7. The lowest BCUT2D eigenvalue weighted by Crippen LogP contribution is -2.34. The van der Waals surface area contributed by atoms with Crippen molar-refractivity contribution >= 4 is 32.8 Å². The molecule has 188 valence electrons. The summed E-state index contributed by atoms with van der Waals surface area (Å²) in [7, 11) is -3.36. The van der Waals surface area contributed by atoms with Crippen molar-refractivity contribution in [3.63, 3.8) is 0 Å². The molecule has 1 saturated heterocycles. The van der Waals surface area contributed by atoms with Gasteiger partial charge in [-0.05, 0) is 43.4 Å². The van der Waals surface area contributed by atoms with Crippen LogP contribution in [0.3, 0.4) is 0 Å². The Morgan fingerprint density at radius 1 is 1.00 bits per heavy atom. The summed E-state index contributed by atoms with van der Waals surface area (Å²) in [4.78, 5) is 24.7. The van der Waals surface area contributed by atoms with Crippen LogP contribution in [0.4, 0.5) is 17.3 Å². The molecule has 5 rings (SSSR count). The molecule has 4 aromatic heterocycles. The van der Waals surface area contributed by atoms with Crippen molar-refractivity contribution in [2.24, 2.45) is 0 Å². The van der Waals surface area contributed by atoms with Gasteiger partial charge in [-0.15, -0.1) is 0 Å². The Morgan fingerprint density at radius 3 is 2.36 bits per heavy atom. The number of fused-ring (bicyclic) bond motifs is 1. The molecule has 1 fully saturated rings. The Labute approximate surface area is 210 Å². The van der Waals surface area contributed by atoms with Crippen molar-refractivity contribution in [2.45, 2.75) is 50.5 Å². The van der Waals surface area contributed by atoms with E-state index < -0.39 is 9.84 Å². The highest BCUT2D eigenvalue weighted by molar-refractivity contribution is 7.90. The van der Waals surface area contributed by atoms with E-state index in [1.54, 1.807) is 25.5 Å². The summed E-state index contributed by atoms with van der Waals surface area (Å²) in [6.45, 7) is 7.81. The number of aryl methyl sites for hydroxylation is 1. The summed E-state index contributed by atoms with van der Waals surface area (Å²) < 4.78 is 25.6. The fraction of sp³-hybridized carbons (Fsp3) is 0.400. The minimum atomic E-state index is -3.36. The Kier molecular flexibility index (Phi) is 6.33. The van der Waals surface area contributed by atoms with Crippen LogP contribution in [-0.4, -0.2) is 57.1 Å². The van der Waals surface area contributed by atoms with Gasteiger partial charge in [-0.25, -0.2) is 33.3 Å². The van der Waals surface area contributed by atoms with Gasteiger partial charge in [-0.3, -0.25) is 4.40 Å². The van der Waals surface area contributed by atoms with Gasteiger partial charge in [0.2, 0.25) is 5.95 Å². The fourth-order valence-corrected chi connectivity index (χ4v) is 5.12. The van der Waals surface area contributed by atoms with E-state index in [4.69, 9.17) is 0 Å². The summed E-state index contributed by atoms with van der Waals surface area (Å²) in [6, 6.07) is 3.22.